The zero-order valence-electron chi connectivity index (χ0n) is 20.8. The monoisotopic (exact) mass is 502 g/mol. The van der Waals surface area contributed by atoms with Gasteiger partial charge in [-0.15, -0.1) is 5.10 Å². The van der Waals surface area contributed by atoms with E-state index in [1.54, 1.807) is 10.7 Å². The van der Waals surface area contributed by atoms with Crippen molar-refractivity contribution in [2.24, 2.45) is 5.92 Å². The third-order valence-electron chi connectivity index (χ3n) is 7.08. The van der Waals surface area contributed by atoms with E-state index in [2.05, 4.69) is 55.1 Å². The Morgan fingerprint density at radius 2 is 2.05 bits per heavy atom. The van der Waals surface area contributed by atoms with Gasteiger partial charge in [0.1, 0.15) is 11.6 Å². The Labute approximate surface area is 219 Å². The van der Waals surface area contributed by atoms with E-state index in [9.17, 15) is 0 Å². The molecule has 1 saturated heterocycles. The molecule has 1 aliphatic heterocycles. The summed E-state index contributed by atoms with van der Waals surface area (Å²) in [6, 6.07) is 9.88. The van der Waals surface area contributed by atoms with Crippen LogP contribution in [-0.4, -0.2) is 53.7 Å². The Bertz CT molecular complexity index is 1690. The van der Waals surface area contributed by atoms with Gasteiger partial charge >= 0.3 is 0 Å². The second kappa shape index (κ2) is 9.31. The Kier molecular flexibility index (Phi) is 5.51. The summed E-state index contributed by atoms with van der Waals surface area (Å²) in [7, 11) is 0. The summed E-state index contributed by atoms with van der Waals surface area (Å²) < 4.78 is 1.72. The van der Waals surface area contributed by atoms with Crippen LogP contribution in [0.25, 0.3) is 33.5 Å². The minimum absolute atomic E-state index is 0.310. The van der Waals surface area contributed by atoms with E-state index in [0.29, 0.717) is 29.6 Å². The SMILES string of the molecule is C[C@H]1CNCC[C@H]1Nc1nc(-c2ccnc(Nc3nc4ccccn4n3)c2)nc2cncc(C3=CC=C3)c12. The van der Waals surface area contributed by atoms with Crippen molar-refractivity contribution in [3.05, 3.63) is 78.9 Å². The van der Waals surface area contributed by atoms with Crippen molar-refractivity contribution in [3.63, 3.8) is 0 Å². The number of hydrogen-bond donors (Lipinski definition) is 3. The zero-order valence-corrected chi connectivity index (χ0v) is 20.8. The van der Waals surface area contributed by atoms with Crippen molar-refractivity contribution in [3.8, 4) is 11.4 Å². The molecule has 1 fully saturated rings. The van der Waals surface area contributed by atoms with Gasteiger partial charge in [0, 0.05) is 35.8 Å². The molecular weight excluding hydrogens is 476 g/mol. The number of piperidine rings is 1. The predicted octanol–water partition coefficient (Wildman–Crippen LogP) is 4.24. The van der Waals surface area contributed by atoms with E-state index in [1.807, 2.05) is 55.0 Å². The van der Waals surface area contributed by atoms with Gasteiger partial charge in [-0.2, -0.15) is 4.98 Å². The molecule has 1 aliphatic carbocycles. The molecule has 7 rings (SSSR count). The maximum atomic E-state index is 5.07. The summed E-state index contributed by atoms with van der Waals surface area (Å²) >= 11 is 0. The van der Waals surface area contributed by atoms with E-state index >= 15 is 0 Å². The molecule has 10 nitrogen and oxygen atoms in total. The Balaban J connectivity index is 1.29. The molecule has 0 amide bonds. The quantitative estimate of drug-likeness (QED) is 0.313. The van der Waals surface area contributed by atoms with Crippen LogP contribution in [0.5, 0.6) is 0 Å². The molecule has 10 heteroatoms. The molecule has 0 saturated carbocycles. The summed E-state index contributed by atoms with van der Waals surface area (Å²) in [6.45, 7) is 4.23. The van der Waals surface area contributed by atoms with Crippen molar-refractivity contribution in [1.82, 2.24) is 39.9 Å². The third-order valence-corrected chi connectivity index (χ3v) is 7.08. The molecular formula is C28H26N10. The minimum Gasteiger partial charge on any atom is -0.366 e. The van der Waals surface area contributed by atoms with Gasteiger partial charge in [0.05, 0.1) is 17.1 Å². The van der Waals surface area contributed by atoms with Crippen LogP contribution in [0.2, 0.25) is 0 Å². The Morgan fingerprint density at radius 1 is 1.11 bits per heavy atom. The lowest BCUT2D eigenvalue weighted by Crippen LogP contribution is -2.42. The lowest BCUT2D eigenvalue weighted by Gasteiger charge is -2.31. The first kappa shape index (κ1) is 22.5. The number of fused-ring (bicyclic) bond motifs is 2. The highest BCUT2D eigenvalue weighted by molar-refractivity contribution is 6.02. The first-order valence-corrected chi connectivity index (χ1v) is 12.8. The molecule has 0 unspecified atom stereocenters. The summed E-state index contributed by atoms with van der Waals surface area (Å²) in [5.74, 6) is 2.99. The summed E-state index contributed by atoms with van der Waals surface area (Å²) in [5.41, 5.74) is 4.56. The number of allylic oxidation sites excluding steroid dienone is 4. The minimum atomic E-state index is 0.310. The fraction of sp³-hybridized carbons (Fsp3) is 0.214. The van der Waals surface area contributed by atoms with Gasteiger partial charge in [0.2, 0.25) is 5.95 Å². The van der Waals surface area contributed by atoms with Crippen LogP contribution in [0.4, 0.5) is 17.6 Å². The van der Waals surface area contributed by atoms with Crippen molar-refractivity contribution in [2.75, 3.05) is 23.7 Å². The number of pyridine rings is 3. The number of anilines is 3. The second-order valence-electron chi connectivity index (χ2n) is 9.67. The van der Waals surface area contributed by atoms with E-state index in [-0.39, 0.29) is 0 Å². The fourth-order valence-corrected chi connectivity index (χ4v) is 4.95. The van der Waals surface area contributed by atoms with Gasteiger partial charge in [0.15, 0.2) is 11.5 Å². The largest absolute Gasteiger partial charge is 0.366 e. The molecule has 3 N–H and O–H groups in total. The highest BCUT2D eigenvalue weighted by atomic mass is 15.3. The van der Waals surface area contributed by atoms with Crippen LogP contribution < -0.4 is 16.0 Å². The van der Waals surface area contributed by atoms with Crippen LogP contribution in [0.1, 0.15) is 18.9 Å². The number of aromatic nitrogens is 7. The van der Waals surface area contributed by atoms with Crippen molar-refractivity contribution < 1.29 is 0 Å². The number of hydrogen-bond acceptors (Lipinski definition) is 9. The Morgan fingerprint density at radius 3 is 2.89 bits per heavy atom. The maximum absolute atomic E-state index is 5.07. The average Bonchev–Trinajstić information content (AvgIpc) is 3.31. The van der Waals surface area contributed by atoms with Crippen LogP contribution in [0, 0.1) is 5.92 Å². The van der Waals surface area contributed by atoms with E-state index in [1.165, 1.54) is 0 Å². The molecule has 6 heterocycles. The van der Waals surface area contributed by atoms with Crippen molar-refractivity contribution in [1.29, 1.82) is 0 Å². The first-order valence-electron chi connectivity index (χ1n) is 12.8. The van der Waals surface area contributed by atoms with Gasteiger partial charge in [-0.3, -0.25) is 4.98 Å². The molecule has 2 atom stereocenters. The van der Waals surface area contributed by atoms with E-state index < -0.39 is 0 Å². The summed E-state index contributed by atoms with van der Waals surface area (Å²) in [5, 5.41) is 15.9. The fourth-order valence-electron chi connectivity index (χ4n) is 4.95. The molecule has 188 valence electrons. The van der Waals surface area contributed by atoms with Crippen molar-refractivity contribution >= 4 is 39.7 Å². The van der Waals surface area contributed by atoms with E-state index in [0.717, 1.165) is 58.6 Å². The van der Waals surface area contributed by atoms with Gasteiger partial charge in [-0.1, -0.05) is 31.2 Å². The number of rotatable bonds is 6. The van der Waals surface area contributed by atoms with Crippen LogP contribution in [-0.2, 0) is 0 Å². The molecule has 5 aromatic heterocycles. The van der Waals surface area contributed by atoms with Gasteiger partial charge < -0.3 is 16.0 Å². The molecule has 0 bridgehead atoms. The maximum Gasteiger partial charge on any atom is 0.248 e. The normalized spacial score (nSPS) is 18.8. The molecule has 38 heavy (non-hydrogen) atoms. The molecule has 0 spiro atoms. The smallest absolute Gasteiger partial charge is 0.248 e. The van der Waals surface area contributed by atoms with Crippen LogP contribution >= 0.6 is 0 Å². The summed E-state index contributed by atoms with van der Waals surface area (Å²) in [4.78, 5) is 23.5. The van der Waals surface area contributed by atoms with Gasteiger partial charge in [-0.25, -0.2) is 19.5 Å². The summed E-state index contributed by atoms with van der Waals surface area (Å²) in [6.07, 6.45) is 14.6. The highest BCUT2D eigenvalue weighted by Crippen LogP contribution is 2.34. The molecule has 0 radical (unpaired) electrons. The average molecular weight is 503 g/mol. The van der Waals surface area contributed by atoms with Crippen LogP contribution in [0.15, 0.2) is 73.3 Å². The highest BCUT2D eigenvalue weighted by Gasteiger charge is 2.24. The Hall–Kier alpha value is -4.70. The first-order chi connectivity index (χ1) is 18.7. The van der Waals surface area contributed by atoms with Gasteiger partial charge in [0.25, 0.3) is 0 Å². The zero-order chi connectivity index (χ0) is 25.5. The number of nitrogens with one attached hydrogen (secondary N) is 3. The topological polar surface area (TPSA) is 118 Å². The second-order valence-corrected chi connectivity index (χ2v) is 9.67. The van der Waals surface area contributed by atoms with E-state index in [4.69, 9.17) is 9.97 Å². The molecule has 5 aromatic rings. The predicted molar refractivity (Wildman–Crippen MR) is 148 cm³/mol. The molecule has 0 aromatic carbocycles. The lowest BCUT2D eigenvalue weighted by molar-refractivity contribution is 0.368. The standard InChI is InChI=1S/C28H26N10/c1-17-14-29-10-9-21(17)32-27-25-20(18-5-4-6-18)15-30-16-22(25)33-26(36-27)19-8-11-31-23(13-19)34-28-35-24-7-2-3-12-38(24)37-28/h2-8,11-13,15-17,21,29H,9-10,14H2,1H3,(H,31,34,37)(H,32,33,36)/t17-,21+/m0/s1. The lowest BCUT2D eigenvalue weighted by atomic mass is 9.94. The van der Waals surface area contributed by atoms with Crippen molar-refractivity contribution in [2.45, 2.75) is 19.4 Å². The number of nitrogens with zero attached hydrogens (tertiary/aromatic N) is 7. The molecule has 2 aliphatic rings. The third kappa shape index (κ3) is 4.14. The van der Waals surface area contributed by atoms with Crippen LogP contribution in [0.3, 0.4) is 0 Å². The van der Waals surface area contributed by atoms with Gasteiger partial charge in [-0.05, 0) is 55.3 Å².